The van der Waals surface area contributed by atoms with Crippen molar-refractivity contribution in [1.82, 2.24) is 0 Å². The molecule has 0 atom stereocenters. The maximum atomic E-state index is 7.15. The second kappa shape index (κ2) is 8.40. The van der Waals surface area contributed by atoms with Crippen LogP contribution in [0.15, 0.2) is 81.6 Å². The molecule has 1 aliphatic rings. The van der Waals surface area contributed by atoms with Crippen molar-refractivity contribution in [1.29, 1.82) is 0 Å². The fourth-order valence-electron chi connectivity index (χ4n) is 6.56. The molecule has 3 heterocycles. The summed E-state index contributed by atoms with van der Waals surface area (Å²) in [5.74, 6) is 0. The molecule has 8 bridgehead atoms. The summed E-state index contributed by atoms with van der Waals surface area (Å²) in [4.78, 5) is 0. The monoisotopic (exact) mass is 596 g/mol. The van der Waals surface area contributed by atoms with Crippen molar-refractivity contribution in [2.75, 3.05) is 0 Å². The van der Waals surface area contributed by atoms with Gasteiger partial charge in [0.05, 0.1) is 0 Å². The Kier molecular flexibility index (Phi) is 5.50. The van der Waals surface area contributed by atoms with Crippen LogP contribution in [0.3, 0.4) is 0 Å². The molecular weight excluding hydrogens is 561 g/mol. The lowest BCUT2D eigenvalue weighted by Gasteiger charge is -2.34. The van der Waals surface area contributed by atoms with Crippen LogP contribution >= 0.6 is 0 Å². The van der Waals surface area contributed by atoms with Crippen LogP contribution in [0.1, 0.15) is 0 Å². The Balaban J connectivity index is 1.48. The minimum Gasteiger partial charge on any atom is -0.456 e. The lowest BCUT2D eigenvalue weighted by atomic mass is 10.1. The molecule has 0 saturated carbocycles. The topological polar surface area (TPSA) is 44.7 Å². The molecular formula is C32H36O4Si4. The summed E-state index contributed by atoms with van der Waals surface area (Å²) in [6.07, 6.45) is 0. The smallest absolute Gasteiger partial charge is 0.206 e. The molecule has 0 aliphatic carbocycles. The highest BCUT2D eigenvalue weighted by Gasteiger charge is 2.38. The minimum absolute atomic E-state index is 0.927. The molecule has 0 radical (unpaired) electrons. The highest BCUT2D eigenvalue weighted by molar-refractivity contribution is 6.97. The first kappa shape index (κ1) is 26.2. The van der Waals surface area contributed by atoms with Crippen LogP contribution < -0.4 is 20.7 Å². The van der Waals surface area contributed by atoms with E-state index in [0.717, 1.165) is 43.9 Å². The third kappa shape index (κ3) is 4.04. The molecule has 4 aromatic carbocycles. The largest absolute Gasteiger partial charge is 0.456 e. The average Bonchev–Trinajstić information content (AvgIpc) is 3.43. The van der Waals surface area contributed by atoms with E-state index in [1.807, 2.05) is 0 Å². The first-order valence-electron chi connectivity index (χ1n) is 14.1. The van der Waals surface area contributed by atoms with Crippen molar-refractivity contribution in [2.24, 2.45) is 0 Å². The van der Waals surface area contributed by atoms with E-state index < -0.39 is 33.3 Å². The van der Waals surface area contributed by atoms with Gasteiger partial charge in [0, 0.05) is 21.5 Å². The minimum atomic E-state index is -2.26. The molecule has 0 amide bonds. The standard InChI is InChI=1S/C32H36O4Si4/c1-37(2)21-9-13-25-26-15-11-23(19-31(26)33-29(25)17-21)39(5,6)36-40(7,8)24-12-16-28-27-14-10-22(38(3,4)35-37)18-30(27)34-32(28)20-24/h9-20H,1-8H3. The first-order chi connectivity index (χ1) is 18.7. The summed E-state index contributed by atoms with van der Waals surface area (Å²) in [6, 6.07) is 26.7. The van der Waals surface area contributed by atoms with Gasteiger partial charge >= 0.3 is 0 Å². The van der Waals surface area contributed by atoms with Crippen LogP contribution in [0.4, 0.5) is 0 Å². The Morgan fingerprint density at radius 3 is 0.800 bits per heavy atom. The van der Waals surface area contributed by atoms with E-state index in [9.17, 15) is 0 Å². The number of rotatable bonds is 0. The van der Waals surface area contributed by atoms with Crippen molar-refractivity contribution in [3.05, 3.63) is 72.8 Å². The quantitative estimate of drug-likeness (QED) is 0.179. The van der Waals surface area contributed by atoms with Gasteiger partial charge < -0.3 is 17.1 Å². The van der Waals surface area contributed by atoms with Crippen LogP contribution in [-0.2, 0) is 8.23 Å². The van der Waals surface area contributed by atoms with E-state index in [1.165, 1.54) is 20.7 Å². The molecule has 0 N–H and O–H groups in total. The predicted octanol–water partition coefficient (Wildman–Crippen LogP) is 6.88. The van der Waals surface area contributed by atoms with E-state index in [0.29, 0.717) is 0 Å². The van der Waals surface area contributed by atoms with Gasteiger partial charge in [0.25, 0.3) is 0 Å². The summed E-state index contributed by atoms with van der Waals surface area (Å²) in [5, 5.41) is 9.60. The lowest BCUT2D eigenvalue weighted by Crippen LogP contribution is -2.57. The normalized spacial score (nSPS) is 19.6. The van der Waals surface area contributed by atoms with Crippen molar-refractivity contribution >= 4 is 97.9 Å². The third-order valence-electron chi connectivity index (χ3n) is 8.75. The second-order valence-corrected chi connectivity index (χ2v) is 29.3. The Morgan fingerprint density at radius 1 is 0.350 bits per heavy atom. The maximum absolute atomic E-state index is 7.15. The number of fused-ring (bicyclic) bond motifs is 6. The Labute approximate surface area is 239 Å². The second-order valence-electron chi connectivity index (χ2n) is 13.3. The predicted molar refractivity (Wildman–Crippen MR) is 178 cm³/mol. The molecule has 40 heavy (non-hydrogen) atoms. The summed E-state index contributed by atoms with van der Waals surface area (Å²) in [6.45, 7) is 18.4. The lowest BCUT2D eigenvalue weighted by molar-refractivity contribution is 0.572. The highest BCUT2D eigenvalue weighted by atomic mass is 28.4. The first-order valence-corrected chi connectivity index (χ1v) is 25.7. The van der Waals surface area contributed by atoms with Crippen LogP contribution in [0.25, 0.3) is 43.9 Å². The zero-order chi connectivity index (χ0) is 28.2. The molecule has 7 rings (SSSR count). The highest BCUT2D eigenvalue weighted by Crippen LogP contribution is 2.31. The van der Waals surface area contributed by atoms with Crippen LogP contribution in [0, 0.1) is 0 Å². The Morgan fingerprint density at radius 2 is 0.575 bits per heavy atom. The molecule has 0 spiro atoms. The molecule has 0 unspecified atom stereocenters. The summed E-state index contributed by atoms with van der Waals surface area (Å²) >= 11 is 0. The zero-order valence-electron chi connectivity index (χ0n) is 24.6. The maximum Gasteiger partial charge on any atom is 0.206 e. The van der Waals surface area contributed by atoms with Gasteiger partial charge in [-0.05, 0) is 97.4 Å². The number of furan rings is 2. The molecule has 4 nitrogen and oxygen atoms in total. The SMILES string of the molecule is C[Si]1(C)O[Si](C)(C)c2ccc3c(c2)oc2cc(ccc23)[Si](C)(C)O[Si](C)(C)c2ccc3c(c2)oc2cc1ccc23. The zero-order valence-corrected chi connectivity index (χ0v) is 28.6. The van der Waals surface area contributed by atoms with Gasteiger partial charge in [-0.15, -0.1) is 0 Å². The van der Waals surface area contributed by atoms with Gasteiger partial charge in [-0.3, -0.25) is 0 Å². The van der Waals surface area contributed by atoms with Crippen LogP contribution in [-0.4, -0.2) is 33.3 Å². The number of benzene rings is 4. The third-order valence-corrected chi connectivity index (χ3v) is 23.7. The van der Waals surface area contributed by atoms with Crippen molar-refractivity contribution < 1.29 is 17.1 Å². The van der Waals surface area contributed by atoms with Gasteiger partial charge in [-0.25, -0.2) is 0 Å². The van der Waals surface area contributed by atoms with Gasteiger partial charge in [-0.1, -0.05) is 48.5 Å². The van der Waals surface area contributed by atoms with E-state index >= 15 is 0 Å². The molecule has 2 aromatic heterocycles. The summed E-state index contributed by atoms with van der Waals surface area (Å²) in [7, 11) is -9.02. The molecule has 0 saturated heterocycles. The van der Waals surface area contributed by atoms with Gasteiger partial charge in [0.1, 0.15) is 22.3 Å². The Bertz CT molecular complexity index is 1700. The molecule has 1 aliphatic heterocycles. The van der Waals surface area contributed by atoms with Gasteiger partial charge in [-0.2, -0.15) is 0 Å². The fourth-order valence-corrected chi connectivity index (χ4v) is 22.5. The molecule has 8 heteroatoms. The van der Waals surface area contributed by atoms with E-state index in [-0.39, 0.29) is 0 Å². The summed E-state index contributed by atoms with van der Waals surface area (Å²) < 4.78 is 27.3. The van der Waals surface area contributed by atoms with Gasteiger partial charge in [0.2, 0.25) is 33.3 Å². The summed E-state index contributed by atoms with van der Waals surface area (Å²) in [5.41, 5.74) is 3.71. The number of hydrogen-bond acceptors (Lipinski definition) is 4. The van der Waals surface area contributed by atoms with E-state index in [1.54, 1.807) is 0 Å². The van der Waals surface area contributed by atoms with Crippen molar-refractivity contribution in [3.8, 4) is 0 Å². The van der Waals surface area contributed by atoms with Crippen LogP contribution in [0.5, 0.6) is 0 Å². The fraction of sp³-hybridized carbons (Fsp3) is 0.250. The van der Waals surface area contributed by atoms with Crippen molar-refractivity contribution in [3.63, 3.8) is 0 Å². The van der Waals surface area contributed by atoms with E-state index in [4.69, 9.17) is 17.1 Å². The molecule has 204 valence electrons. The van der Waals surface area contributed by atoms with Gasteiger partial charge in [0.15, 0.2) is 0 Å². The molecule has 0 fully saturated rings. The average molecular weight is 597 g/mol. The molecule has 6 aromatic rings. The number of hydrogen-bond donors (Lipinski definition) is 0. The van der Waals surface area contributed by atoms with Crippen molar-refractivity contribution in [2.45, 2.75) is 52.4 Å². The van der Waals surface area contributed by atoms with E-state index in [2.05, 4.69) is 125 Å². The van der Waals surface area contributed by atoms with Crippen LogP contribution in [0.2, 0.25) is 52.4 Å². The Hall–Kier alpha value is -2.73.